The maximum atomic E-state index is 14.2. The second-order valence-corrected chi connectivity index (χ2v) is 12.9. The van der Waals surface area contributed by atoms with Crippen LogP contribution in [0.1, 0.15) is 69.2 Å². The van der Waals surface area contributed by atoms with Gasteiger partial charge in [-0.3, -0.25) is 15.0 Å². The van der Waals surface area contributed by atoms with Crippen LogP contribution < -0.4 is 15.6 Å². The van der Waals surface area contributed by atoms with Gasteiger partial charge in [-0.05, 0) is 82.0 Å². The van der Waals surface area contributed by atoms with Gasteiger partial charge in [-0.2, -0.15) is 0 Å². The molecule has 1 amide bonds. The van der Waals surface area contributed by atoms with E-state index in [9.17, 15) is 9.59 Å². The standard InChI is InChI=1S/C35H41Cl2N3O6/c1-34(2,3)46-30(42)18-19-35(33(43)40-38-20-7-11-24-9-5-4-6-10-24)31(28-17-14-26(36)23-29(28)37)45-32(39-35)25-12-15-27(16-13-25)44-22-8-21-41/h4-6,9-10,12-17,23,31,38,41H,7-8,11,18-22H2,1-3H3,(H,40,43)/t31-,35-/m0/s1. The number of esters is 1. The lowest BCUT2D eigenvalue weighted by Gasteiger charge is -2.31. The number of carbonyl (C=O) groups is 2. The van der Waals surface area contributed by atoms with E-state index >= 15 is 0 Å². The van der Waals surface area contributed by atoms with E-state index < -0.39 is 29.1 Å². The van der Waals surface area contributed by atoms with Gasteiger partial charge in [0.05, 0.1) is 6.61 Å². The van der Waals surface area contributed by atoms with Crippen molar-refractivity contribution in [2.75, 3.05) is 19.8 Å². The maximum Gasteiger partial charge on any atom is 0.306 e. The van der Waals surface area contributed by atoms with Gasteiger partial charge in [0, 0.05) is 47.2 Å². The van der Waals surface area contributed by atoms with Crippen molar-refractivity contribution in [3.63, 3.8) is 0 Å². The van der Waals surface area contributed by atoms with E-state index in [1.807, 2.05) is 18.2 Å². The molecule has 9 nitrogen and oxygen atoms in total. The number of aryl methyl sites for hydroxylation is 1. The highest BCUT2D eigenvalue weighted by atomic mass is 35.5. The zero-order valence-corrected chi connectivity index (χ0v) is 27.9. The van der Waals surface area contributed by atoms with Crippen molar-refractivity contribution in [1.82, 2.24) is 10.9 Å². The van der Waals surface area contributed by atoms with E-state index in [-0.39, 0.29) is 25.3 Å². The summed E-state index contributed by atoms with van der Waals surface area (Å²) in [6, 6.07) is 22.1. The fourth-order valence-electron chi connectivity index (χ4n) is 5.02. The second kappa shape index (κ2) is 16.3. The molecule has 2 atom stereocenters. The first-order chi connectivity index (χ1) is 22.0. The van der Waals surface area contributed by atoms with Gasteiger partial charge in [-0.1, -0.05) is 59.6 Å². The fraction of sp³-hybridized carbons (Fsp3) is 0.400. The number of aliphatic imine (C=N–C) groups is 1. The number of aliphatic hydroxyl groups excluding tert-OH is 1. The molecule has 1 heterocycles. The summed E-state index contributed by atoms with van der Waals surface area (Å²) in [6.07, 6.45) is 1.02. The highest BCUT2D eigenvalue weighted by Crippen LogP contribution is 2.45. The van der Waals surface area contributed by atoms with Crippen LogP contribution in [-0.2, 0) is 25.5 Å². The highest BCUT2D eigenvalue weighted by molar-refractivity contribution is 6.35. The minimum atomic E-state index is -1.59. The van der Waals surface area contributed by atoms with Gasteiger partial charge in [0.15, 0.2) is 11.6 Å². The molecule has 1 aliphatic heterocycles. The zero-order chi connectivity index (χ0) is 33.2. The van der Waals surface area contributed by atoms with Crippen molar-refractivity contribution in [2.24, 2.45) is 4.99 Å². The quantitative estimate of drug-likeness (QED) is 0.0975. The molecular formula is C35H41Cl2N3O6. The third-order valence-electron chi connectivity index (χ3n) is 7.22. The van der Waals surface area contributed by atoms with Crippen molar-refractivity contribution in [2.45, 2.75) is 70.1 Å². The number of aliphatic hydroxyl groups is 1. The van der Waals surface area contributed by atoms with Crippen LogP contribution in [-0.4, -0.2) is 53.8 Å². The molecule has 0 saturated heterocycles. The van der Waals surface area contributed by atoms with E-state index in [0.717, 1.165) is 12.8 Å². The lowest BCUT2D eigenvalue weighted by Crippen LogP contribution is -2.53. The lowest BCUT2D eigenvalue weighted by atomic mass is 9.83. The Bertz CT molecular complexity index is 1490. The third-order valence-corrected chi connectivity index (χ3v) is 7.78. The topological polar surface area (TPSA) is 118 Å². The van der Waals surface area contributed by atoms with Crippen LogP contribution >= 0.6 is 23.2 Å². The molecule has 11 heteroatoms. The number of ether oxygens (including phenoxy) is 3. The molecule has 3 aromatic rings. The number of benzene rings is 3. The summed E-state index contributed by atoms with van der Waals surface area (Å²) < 4.78 is 17.7. The van der Waals surface area contributed by atoms with Crippen LogP contribution in [0, 0.1) is 0 Å². The van der Waals surface area contributed by atoms with Gasteiger partial charge in [-0.15, -0.1) is 0 Å². The Hall–Kier alpha value is -3.63. The Morgan fingerprint density at radius 2 is 1.76 bits per heavy atom. The van der Waals surface area contributed by atoms with Gasteiger partial charge in [-0.25, -0.2) is 10.4 Å². The van der Waals surface area contributed by atoms with E-state index in [4.69, 9.17) is 47.5 Å². The normalized spacial score (nSPS) is 17.6. The van der Waals surface area contributed by atoms with E-state index in [0.29, 0.717) is 46.5 Å². The van der Waals surface area contributed by atoms with Crippen LogP contribution in [0.15, 0.2) is 77.8 Å². The molecule has 0 unspecified atom stereocenters. The Morgan fingerprint density at radius 3 is 2.43 bits per heavy atom. The largest absolute Gasteiger partial charge is 0.494 e. The lowest BCUT2D eigenvalue weighted by molar-refractivity contribution is -0.155. The first-order valence-corrected chi connectivity index (χ1v) is 16.1. The Balaban J connectivity index is 1.64. The SMILES string of the molecule is CC(C)(C)OC(=O)CC[C@]1(C(=O)NNCCCc2ccccc2)N=C(c2ccc(OCCCO)cc2)O[C@H]1c1ccc(Cl)cc1Cl. The molecule has 0 saturated carbocycles. The molecule has 0 fully saturated rings. The van der Waals surface area contributed by atoms with Gasteiger partial charge in [0.1, 0.15) is 11.4 Å². The number of hydrogen-bond acceptors (Lipinski definition) is 8. The predicted octanol–water partition coefficient (Wildman–Crippen LogP) is 6.39. The molecule has 246 valence electrons. The molecule has 0 aliphatic carbocycles. The third kappa shape index (κ3) is 9.69. The maximum absolute atomic E-state index is 14.2. The summed E-state index contributed by atoms with van der Waals surface area (Å²) in [5.41, 5.74) is 5.87. The summed E-state index contributed by atoms with van der Waals surface area (Å²) in [7, 11) is 0. The number of nitrogens with zero attached hydrogens (tertiary/aromatic N) is 1. The van der Waals surface area contributed by atoms with Crippen LogP contribution in [0.25, 0.3) is 0 Å². The first kappa shape index (κ1) is 35.2. The van der Waals surface area contributed by atoms with Gasteiger partial charge in [0.2, 0.25) is 5.90 Å². The monoisotopic (exact) mass is 669 g/mol. The Kier molecular flexibility index (Phi) is 12.5. The summed E-state index contributed by atoms with van der Waals surface area (Å²) in [6.45, 7) is 6.27. The number of rotatable bonds is 15. The van der Waals surface area contributed by atoms with Crippen molar-refractivity contribution in [3.8, 4) is 5.75 Å². The van der Waals surface area contributed by atoms with Gasteiger partial charge < -0.3 is 19.3 Å². The molecule has 4 rings (SSSR count). The average Bonchev–Trinajstić information content (AvgIpc) is 3.40. The van der Waals surface area contributed by atoms with Crippen LogP contribution in [0.3, 0.4) is 0 Å². The summed E-state index contributed by atoms with van der Waals surface area (Å²) in [4.78, 5) is 32.0. The van der Waals surface area contributed by atoms with Crippen molar-refractivity contribution in [1.29, 1.82) is 0 Å². The molecule has 46 heavy (non-hydrogen) atoms. The first-order valence-electron chi connectivity index (χ1n) is 15.4. The predicted molar refractivity (Wildman–Crippen MR) is 179 cm³/mol. The number of nitrogens with one attached hydrogen (secondary N) is 2. The summed E-state index contributed by atoms with van der Waals surface area (Å²) in [5.74, 6) is -0.127. The van der Waals surface area contributed by atoms with Crippen LogP contribution in [0.4, 0.5) is 0 Å². The Labute approximate surface area is 280 Å². The van der Waals surface area contributed by atoms with Crippen molar-refractivity contribution in [3.05, 3.63) is 99.5 Å². The van der Waals surface area contributed by atoms with E-state index in [2.05, 4.69) is 23.0 Å². The van der Waals surface area contributed by atoms with Gasteiger partial charge >= 0.3 is 5.97 Å². The second-order valence-electron chi connectivity index (χ2n) is 12.0. The molecule has 3 N–H and O–H groups in total. The van der Waals surface area contributed by atoms with E-state index in [1.165, 1.54) is 5.56 Å². The molecule has 3 aromatic carbocycles. The van der Waals surface area contributed by atoms with Crippen LogP contribution in [0.2, 0.25) is 10.0 Å². The molecule has 0 radical (unpaired) electrons. The summed E-state index contributed by atoms with van der Waals surface area (Å²) >= 11 is 12.9. The summed E-state index contributed by atoms with van der Waals surface area (Å²) in [5, 5.41) is 9.77. The van der Waals surface area contributed by atoms with Crippen LogP contribution in [0.5, 0.6) is 5.75 Å². The van der Waals surface area contributed by atoms with Gasteiger partial charge in [0.25, 0.3) is 5.91 Å². The number of hydrazine groups is 1. The minimum Gasteiger partial charge on any atom is -0.494 e. The van der Waals surface area contributed by atoms with Crippen molar-refractivity contribution >= 4 is 41.0 Å². The van der Waals surface area contributed by atoms with E-state index in [1.54, 1.807) is 63.2 Å². The molecule has 1 aliphatic rings. The molecule has 0 aromatic heterocycles. The number of amides is 1. The fourth-order valence-corrected chi connectivity index (χ4v) is 5.53. The highest BCUT2D eigenvalue weighted by Gasteiger charge is 2.54. The molecular weight excluding hydrogens is 629 g/mol. The minimum absolute atomic E-state index is 0.0189. The average molecular weight is 671 g/mol. The number of hydrogen-bond donors (Lipinski definition) is 3. The molecule has 0 bridgehead atoms. The number of carbonyl (C=O) groups excluding carboxylic acids is 2. The van der Waals surface area contributed by atoms with Crippen molar-refractivity contribution < 1.29 is 28.9 Å². The number of halogens is 2. The zero-order valence-electron chi connectivity index (χ0n) is 26.4. The Morgan fingerprint density at radius 1 is 1.02 bits per heavy atom. The smallest absolute Gasteiger partial charge is 0.306 e. The molecule has 0 spiro atoms.